The molecule has 0 atom stereocenters. The summed E-state index contributed by atoms with van der Waals surface area (Å²) in [7, 11) is 0. The number of rotatable bonds is 0. The molecular formula is C7H13LiO. The first-order valence-electron chi connectivity index (χ1n) is 2.82. The predicted molar refractivity (Wildman–Crippen MR) is 33.2 cm³/mol. The first kappa shape index (κ1) is 11.9. The van der Waals surface area contributed by atoms with Crippen molar-refractivity contribution in [1.29, 1.82) is 0 Å². The Hall–Kier alpha value is 0.137. The zero-order chi connectivity index (χ0) is 6.78. The van der Waals surface area contributed by atoms with Gasteiger partial charge < -0.3 is 5.11 Å². The molecule has 9 heavy (non-hydrogen) atoms. The van der Waals surface area contributed by atoms with Crippen molar-refractivity contribution in [2.75, 3.05) is 0 Å². The van der Waals surface area contributed by atoms with Gasteiger partial charge >= 0.3 is 18.9 Å². The van der Waals surface area contributed by atoms with Gasteiger partial charge in [-0.15, -0.1) is 5.76 Å². The molecule has 0 aromatic heterocycles. The Labute approximate surface area is 69.3 Å². The Balaban J connectivity index is 0. The zero-order valence-electron chi connectivity index (χ0n) is 6.99. The van der Waals surface area contributed by atoms with Crippen LogP contribution >= 0.6 is 0 Å². The van der Waals surface area contributed by atoms with Crippen LogP contribution in [0.1, 0.15) is 27.7 Å². The van der Waals surface area contributed by atoms with Crippen molar-refractivity contribution in [3.63, 3.8) is 0 Å². The van der Waals surface area contributed by atoms with Crippen LogP contribution in [0.4, 0.5) is 0 Å². The molecule has 0 saturated heterocycles. The van der Waals surface area contributed by atoms with Crippen molar-refractivity contribution < 1.29 is 24.0 Å². The molecule has 0 aromatic carbocycles. The van der Waals surface area contributed by atoms with E-state index in [1.165, 1.54) is 0 Å². The fourth-order valence-corrected chi connectivity index (χ4v) is 0.433. The summed E-state index contributed by atoms with van der Waals surface area (Å²) in [5.74, 6) is 0.206. The quantitative estimate of drug-likeness (QED) is 0.276. The molecule has 0 spiro atoms. The van der Waals surface area contributed by atoms with E-state index in [0.717, 1.165) is 0 Å². The Morgan fingerprint density at radius 1 is 1.33 bits per heavy atom. The van der Waals surface area contributed by atoms with E-state index in [9.17, 15) is 5.11 Å². The maximum atomic E-state index is 10.8. The molecule has 0 saturated carbocycles. The van der Waals surface area contributed by atoms with Crippen molar-refractivity contribution in [1.82, 2.24) is 0 Å². The molecule has 0 rings (SSSR count). The normalized spacial score (nSPS) is 12.7. The molecule has 0 bridgehead atoms. The summed E-state index contributed by atoms with van der Waals surface area (Å²) in [4.78, 5) is 0. The van der Waals surface area contributed by atoms with E-state index < -0.39 is 0 Å². The summed E-state index contributed by atoms with van der Waals surface area (Å²) in [5.41, 5.74) is -0.186. The molecule has 48 valence electrons. The average molecular weight is 120 g/mol. The van der Waals surface area contributed by atoms with E-state index in [2.05, 4.69) is 0 Å². The molecule has 0 aliphatic rings. The van der Waals surface area contributed by atoms with E-state index >= 15 is 0 Å². The monoisotopic (exact) mass is 120 g/mol. The third-order valence-corrected chi connectivity index (χ3v) is 1.00. The van der Waals surface area contributed by atoms with Gasteiger partial charge in [-0.05, 0) is 12.3 Å². The molecule has 2 heteroatoms. The molecule has 0 radical (unpaired) electrons. The summed E-state index contributed by atoms with van der Waals surface area (Å²) in [6.45, 7) is 7.51. The number of hydrogen-bond donors (Lipinski definition) is 0. The molecular weight excluding hydrogens is 107 g/mol. The Morgan fingerprint density at radius 3 is 1.67 bits per heavy atom. The van der Waals surface area contributed by atoms with Crippen LogP contribution in [0.2, 0.25) is 0 Å². The third-order valence-electron chi connectivity index (χ3n) is 1.00. The molecule has 0 amide bonds. The fraction of sp³-hybridized carbons (Fsp3) is 0.714. The minimum atomic E-state index is -0.186. The summed E-state index contributed by atoms with van der Waals surface area (Å²) in [6, 6.07) is 0. The van der Waals surface area contributed by atoms with Crippen LogP contribution in [0, 0.1) is 5.41 Å². The Bertz CT molecular complexity index is 100.0. The molecule has 0 fully saturated rings. The van der Waals surface area contributed by atoms with Crippen LogP contribution in [0.25, 0.3) is 0 Å². The van der Waals surface area contributed by atoms with Gasteiger partial charge in [0.25, 0.3) is 0 Å². The average Bonchev–Trinajstić information content (AvgIpc) is 1.62. The second-order valence-corrected chi connectivity index (χ2v) is 2.90. The van der Waals surface area contributed by atoms with E-state index in [0.29, 0.717) is 0 Å². The standard InChI is InChI=1S/C7H14O.Li/c1-5-6(8)7(2,3)4;/h5,8H,1-4H3;/q;+1/p-1/b6-5-;. The summed E-state index contributed by atoms with van der Waals surface area (Å²) in [6.07, 6.45) is 1.61. The van der Waals surface area contributed by atoms with Gasteiger partial charge in [-0.2, -0.15) is 0 Å². The van der Waals surface area contributed by atoms with Crippen molar-refractivity contribution in [3.05, 3.63) is 11.8 Å². The summed E-state index contributed by atoms with van der Waals surface area (Å²) in [5, 5.41) is 10.8. The molecule has 1 nitrogen and oxygen atoms in total. The van der Waals surface area contributed by atoms with Crippen molar-refractivity contribution >= 4 is 0 Å². The fourth-order valence-electron chi connectivity index (χ4n) is 0.433. The van der Waals surface area contributed by atoms with Gasteiger partial charge in [0.2, 0.25) is 0 Å². The SMILES string of the molecule is C/C=C(\[O-])C(C)(C)C.[Li+]. The van der Waals surface area contributed by atoms with Gasteiger partial charge in [-0.3, -0.25) is 0 Å². The van der Waals surface area contributed by atoms with Gasteiger partial charge in [0.1, 0.15) is 0 Å². The maximum absolute atomic E-state index is 10.8. The predicted octanol–water partition coefficient (Wildman–Crippen LogP) is -1.70. The van der Waals surface area contributed by atoms with Crippen LogP contribution in [0.3, 0.4) is 0 Å². The van der Waals surface area contributed by atoms with E-state index in [4.69, 9.17) is 0 Å². The molecule has 0 N–H and O–H groups in total. The van der Waals surface area contributed by atoms with Crippen molar-refractivity contribution in [2.45, 2.75) is 27.7 Å². The second-order valence-electron chi connectivity index (χ2n) is 2.90. The molecule has 0 aliphatic carbocycles. The number of hydrogen-bond acceptors (Lipinski definition) is 1. The Morgan fingerprint density at radius 2 is 1.67 bits per heavy atom. The maximum Gasteiger partial charge on any atom is 1.00 e. The van der Waals surface area contributed by atoms with Crippen molar-refractivity contribution in [2.24, 2.45) is 5.41 Å². The second kappa shape index (κ2) is 4.03. The minimum Gasteiger partial charge on any atom is -0.875 e. The van der Waals surface area contributed by atoms with Crippen LogP contribution in [0.15, 0.2) is 11.8 Å². The topological polar surface area (TPSA) is 23.1 Å². The summed E-state index contributed by atoms with van der Waals surface area (Å²) < 4.78 is 0. The van der Waals surface area contributed by atoms with E-state index in [1.807, 2.05) is 20.8 Å². The van der Waals surface area contributed by atoms with Gasteiger partial charge in [-0.1, -0.05) is 26.8 Å². The Kier molecular flexibility index (Phi) is 5.32. The van der Waals surface area contributed by atoms with E-state index in [-0.39, 0.29) is 30.0 Å². The first-order valence-corrected chi connectivity index (χ1v) is 2.82. The van der Waals surface area contributed by atoms with Gasteiger partial charge in [0, 0.05) is 0 Å². The third kappa shape index (κ3) is 4.63. The van der Waals surface area contributed by atoms with E-state index in [1.54, 1.807) is 13.0 Å². The summed E-state index contributed by atoms with van der Waals surface area (Å²) >= 11 is 0. The first-order chi connectivity index (χ1) is 3.48. The van der Waals surface area contributed by atoms with Crippen LogP contribution in [0.5, 0.6) is 0 Å². The molecule has 0 heterocycles. The zero-order valence-corrected chi connectivity index (χ0v) is 6.99. The smallest absolute Gasteiger partial charge is 0.875 e. The number of allylic oxidation sites excluding steroid dienone is 2. The molecule has 0 aromatic rings. The largest absolute Gasteiger partial charge is 1.00 e. The van der Waals surface area contributed by atoms with Crippen LogP contribution in [-0.4, -0.2) is 0 Å². The van der Waals surface area contributed by atoms with Gasteiger partial charge in [-0.25, -0.2) is 0 Å². The van der Waals surface area contributed by atoms with Crippen LogP contribution < -0.4 is 24.0 Å². The molecule has 0 unspecified atom stereocenters. The minimum absolute atomic E-state index is 0. The van der Waals surface area contributed by atoms with Gasteiger partial charge in [0.15, 0.2) is 0 Å². The van der Waals surface area contributed by atoms with Gasteiger partial charge in [0.05, 0.1) is 0 Å². The van der Waals surface area contributed by atoms with Crippen LogP contribution in [-0.2, 0) is 0 Å². The van der Waals surface area contributed by atoms with Crippen molar-refractivity contribution in [3.8, 4) is 0 Å². The molecule has 0 aliphatic heterocycles.